The van der Waals surface area contributed by atoms with Gasteiger partial charge in [0.1, 0.15) is 23.2 Å². The fourth-order valence-corrected chi connectivity index (χ4v) is 3.60. The quantitative estimate of drug-likeness (QED) is 0.463. The van der Waals surface area contributed by atoms with E-state index in [2.05, 4.69) is 4.74 Å². The first-order valence-corrected chi connectivity index (χ1v) is 10.1. The topological polar surface area (TPSA) is 81.9 Å². The van der Waals surface area contributed by atoms with Crippen molar-refractivity contribution >= 4 is 11.6 Å². The molecule has 3 rings (SSSR count). The van der Waals surface area contributed by atoms with E-state index in [1.54, 1.807) is 0 Å². The van der Waals surface area contributed by atoms with Crippen LogP contribution >= 0.6 is 0 Å². The smallest absolute Gasteiger partial charge is 0.422 e. The van der Waals surface area contributed by atoms with Gasteiger partial charge in [0.05, 0.1) is 4.92 Å². The number of nitrogens with zero attached hydrogens (tertiary/aromatic N) is 2. The predicted molar refractivity (Wildman–Crippen MR) is 110 cm³/mol. The van der Waals surface area contributed by atoms with Gasteiger partial charge in [0.2, 0.25) is 0 Å². The molecule has 0 saturated carbocycles. The zero-order valence-electron chi connectivity index (χ0n) is 17.6. The lowest BCUT2D eigenvalue weighted by atomic mass is 10.0. The molecule has 2 aromatic rings. The summed E-state index contributed by atoms with van der Waals surface area (Å²) in [5, 5.41) is 11.4. The molecule has 0 spiro atoms. The van der Waals surface area contributed by atoms with Gasteiger partial charge in [0, 0.05) is 32.0 Å². The van der Waals surface area contributed by atoms with Gasteiger partial charge in [-0.05, 0) is 37.1 Å². The normalized spacial score (nSPS) is 14.8. The lowest BCUT2D eigenvalue weighted by Crippen LogP contribution is -2.42. The van der Waals surface area contributed by atoms with Crippen LogP contribution in [0.5, 0.6) is 11.5 Å². The van der Waals surface area contributed by atoms with E-state index in [0.717, 1.165) is 35.1 Å². The molecule has 1 aliphatic rings. The lowest BCUT2D eigenvalue weighted by Gasteiger charge is -2.32. The van der Waals surface area contributed by atoms with Crippen LogP contribution in [-0.2, 0) is 0 Å². The predicted octanol–water partition coefficient (Wildman–Crippen LogP) is 4.84. The van der Waals surface area contributed by atoms with Crippen molar-refractivity contribution in [3.05, 3.63) is 63.2 Å². The van der Waals surface area contributed by atoms with Gasteiger partial charge in [0.25, 0.3) is 11.6 Å². The van der Waals surface area contributed by atoms with Gasteiger partial charge in [-0.15, -0.1) is 0 Å². The highest BCUT2D eigenvalue weighted by Gasteiger charge is 2.31. The molecule has 10 heteroatoms. The van der Waals surface area contributed by atoms with Gasteiger partial charge in [-0.25, -0.2) is 0 Å². The molecule has 0 bridgehead atoms. The van der Waals surface area contributed by atoms with Crippen LogP contribution in [0.4, 0.5) is 18.9 Å². The first kappa shape index (κ1) is 23.4. The Morgan fingerprint density at radius 2 is 1.78 bits per heavy atom. The van der Waals surface area contributed by atoms with Crippen molar-refractivity contribution in [1.29, 1.82) is 0 Å². The molecule has 1 amide bonds. The minimum absolute atomic E-state index is 0.115. The van der Waals surface area contributed by atoms with E-state index < -0.39 is 29.3 Å². The van der Waals surface area contributed by atoms with Crippen LogP contribution in [-0.4, -0.2) is 47.7 Å². The molecule has 2 aromatic carbocycles. The zero-order valence-corrected chi connectivity index (χ0v) is 17.6. The molecule has 0 radical (unpaired) electrons. The van der Waals surface area contributed by atoms with E-state index in [-0.39, 0.29) is 17.4 Å². The number of hydrogen-bond donors (Lipinski definition) is 0. The SMILES string of the molecule is Cc1cccc(C)c1OC1CCN(C(=O)c2cc(OCC(F)(F)F)ccc2[N+](=O)[O-])CC1. The number of rotatable bonds is 6. The largest absolute Gasteiger partial charge is 0.490 e. The Bertz CT molecular complexity index is 981. The maximum absolute atomic E-state index is 13.0. The standard InChI is InChI=1S/C22H23F3N2O5/c1-14-4-3-5-15(2)20(14)32-16-8-10-26(11-9-16)21(28)18-12-17(31-13-22(23,24)25)6-7-19(18)27(29)30/h3-7,12,16H,8-11,13H2,1-2H3. The molecule has 32 heavy (non-hydrogen) atoms. The summed E-state index contributed by atoms with van der Waals surface area (Å²) in [6, 6.07) is 8.87. The molecule has 0 N–H and O–H groups in total. The number of piperidine rings is 1. The maximum Gasteiger partial charge on any atom is 0.422 e. The molecule has 0 aliphatic carbocycles. The molecule has 7 nitrogen and oxygen atoms in total. The van der Waals surface area contributed by atoms with Crippen LogP contribution in [0.25, 0.3) is 0 Å². The third-order valence-electron chi connectivity index (χ3n) is 5.22. The first-order chi connectivity index (χ1) is 15.0. The number of para-hydroxylation sites is 1. The molecule has 1 heterocycles. The van der Waals surface area contributed by atoms with E-state index in [1.807, 2.05) is 32.0 Å². The molecule has 172 valence electrons. The van der Waals surface area contributed by atoms with Gasteiger partial charge >= 0.3 is 6.18 Å². The third-order valence-corrected chi connectivity index (χ3v) is 5.22. The summed E-state index contributed by atoms with van der Waals surface area (Å²) >= 11 is 0. The van der Waals surface area contributed by atoms with Crippen LogP contribution in [0.1, 0.15) is 34.3 Å². The van der Waals surface area contributed by atoms with E-state index in [4.69, 9.17) is 4.74 Å². The number of ether oxygens (including phenoxy) is 2. The summed E-state index contributed by atoms with van der Waals surface area (Å²) in [7, 11) is 0. The van der Waals surface area contributed by atoms with Crippen molar-refractivity contribution in [3.8, 4) is 11.5 Å². The Kier molecular flexibility index (Phi) is 6.90. The summed E-state index contributed by atoms with van der Waals surface area (Å²) in [4.78, 5) is 25.0. The minimum Gasteiger partial charge on any atom is -0.490 e. The second-order valence-corrected chi connectivity index (χ2v) is 7.67. The number of nitro groups is 1. The number of aryl methyl sites for hydroxylation is 2. The Balaban J connectivity index is 1.70. The minimum atomic E-state index is -4.57. The molecular weight excluding hydrogens is 429 g/mol. The summed E-state index contributed by atoms with van der Waals surface area (Å²) in [6.45, 7) is 2.96. The summed E-state index contributed by atoms with van der Waals surface area (Å²) in [5.41, 5.74) is 1.23. The molecular formula is C22H23F3N2O5. The number of hydrogen-bond acceptors (Lipinski definition) is 5. The van der Waals surface area contributed by atoms with Crippen molar-refractivity contribution in [2.45, 2.75) is 39.0 Å². The number of halogens is 3. The average molecular weight is 452 g/mol. The highest BCUT2D eigenvalue weighted by molar-refractivity contribution is 5.98. The molecule has 0 unspecified atom stereocenters. The van der Waals surface area contributed by atoms with Gasteiger partial charge in [-0.2, -0.15) is 13.2 Å². The van der Waals surface area contributed by atoms with Gasteiger partial charge < -0.3 is 14.4 Å². The number of carbonyl (C=O) groups is 1. The van der Waals surface area contributed by atoms with E-state index >= 15 is 0 Å². The number of nitro benzene ring substituents is 1. The van der Waals surface area contributed by atoms with Crippen molar-refractivity contribution in [2.75, 3.05) is 19.7 Å². The fraction of sp³-hybridized carbons (Fsp3) is 0.409. The van der Waals surface area contributed by atoms with Crippen molar-refractivity contribution in [1.82, 2.24) is 4.90 Å². The van der Waals surface area contributed by atoms with Gasteiger partial charge in [-0.3, -0.25) is 14.9 Å². The zero-order chi connectivity index (χ0) is 23.5. The van der Waals surface area contributed by atoms with E-state index in [0.29, 0.717) is 25.9 Å². The van der Waals surface area contributed by atoms with Crippen LogP contribution in [0.15, 0.2) is 36.4 Å². The highest BCUT2D eigenvalue weighted by Crippen LogP contribution is 2.30. The Labute approximate surface area is 182 Å². The number of benzene rings is 2. The Hall–Kier alpha value is -3.30. The van der Waals surface area contributed by atoms with Crippen LogP contribution in [0.2, 0.25) is 0 Å². The summed E-state index contributed by atoms with van der Waals surface area (Å²) in [5.74, 6) is -0.0772. The number of carbonyl (C=O) groups excluding carboxylic acids is 1. The maximum atomic E-state index is 13.0. The molecule has 0 atom stereocenters. The van der Waals surface area contributed by atoms with Crippen LogP contribution < -0.4 is 9.47 Å². The molecule has 0 aromatic heterocycles. The highest BCUT2D eigenvalue weighted by atomic mass is 19.4. The Morgan fingerprint density at radius 3 is 2.34 bits per heavy atom. The van der Waals surface area contributed by atoms with E-state index in [1.165, 1.54) is 4.90 Å². The summed E-state index contributed by atoms with van der Waals surface area (Å²) < 4.78 is 48.0. The summed E-state index contributed by atoms with van der Waals surface area (Å²) in [6.07, 6.45) is -3.63. The van der Waals surface area contributed by atoms with Crippen LogP contribution in [0.3, 0.4) is 0 Å². The molecule has 1 fully saturated rings. The Morgan fingerprint density at radius 1 is 1.16 bits per heavy atom. The molecule has 1 aliphatic heterocycles. The van der Waals surface area contributed by atoms with Gasteiger partial charge in [0.15, 0.2) is 6.61 Å². The fourth-order valence-electron chi connectivity index (χ4n) is 3.60. The van der Waals surface area contributed by atoms with Gasteiger partial charge in [-0.1, -0.05) is 18.2 Å². The average Bonchev–Trinajstić information content (AvgIpc) is 2.74. The van der Waals surface area contributed by atoms with Crippen molar-refractivity contribution in [3.63, 3.8) is 0 Å². The lowest BCUT2D eigenvalue weighted by molar-refractivity contribution is -0.385. The molecule has 1 saturated heterocycles. The second-order valence-electron chi connectivity index (χ2n) is 7.67. The first-order valence-electron chi connectivity index (χ1n) is 10.1. The van der Waals surface area contributed by atoms with Crippen molar-refractivity contribution in [2.24, 2.45) is 0 Å². The van der Waals surface area contributed by atoms with E-state index in [9.17, 15) is 28.1 Å². The number of alkyl halides is 3. The number of amides is 1. The van der Waals surface area contributed by atoms with Crippen LogP contribution in [0, 0.1) is 24.0 Å². The van der Waals surface area contributed by atoms with Crippen molar-refractivity contribution < 1.29 is 32.4 Å². The second kappa shape index (κ2) is 9.46. The monoisotopic (exact) mass is 452 g/mol. The third kappa shape index (κ3) is 5.68. The number of likely N-dealkylation sites (tertiary alicyclic amines) is 1.